The van der Waals surface area contributed by atoms with E-state index in [0.29, 0.717) is 22.9 Å². The van der Waals surface area contributed by atoms with Crippen LogP contribution in [0.25, 0.3) is 0 Å². The van der Waals surface area contributed by atoms with E-state index in [-0.39, 0.29) is 17.3 Å². The molecule has 0 bridgehead atoms. The van der Waals surface area contributed by atoms with E-state index in [0.717, 1.165) is 62.5 Å². The van der Waals surface area contributed by atoms with Gasteiger partial charge in [-0.15, -0.1) is 0 Å². The molecule has 1 atom stereocenters. The molecule has 4 rings (SSSR count). The number of benzene rings is 1. The molecule has 0 aliphatic heterocycles. The summed E-state index contributed by atoms with van der Waals surface area (Å²) in [6.07, 6.45) is 8.04. The first-order chi connectivity index (χ1) is 12.1. The maximum Gasteiger partial charge on any atom is 0.343 e. The number of nitrogen functional groups attached to an aromatic ring is 1. The van der Waals surface area contributed by atoms with Crippen molar-refractivity contribution >= 4 is 5.69 Å². The summed E-state index contributed by atoms with van der Waals surface area (Å²) in [4.78, 5) is 12.8. The first-order valence-electron chi connectivity index (χ1n) is 9.38. The number of hydrogen-bond acceptors (Lipinski definition) is 4. The monoisotopic (exact) mass is 339 g/mol. The summed E-state index contributed by atoms with van der Waals surface area (Å²) in [5.74, 6) is 1.16. The van der Waals surface area contributed by atoms with Gasteiger partial charge in [-0.1, -0.05) is 25.0 Å². The lowest BCUT2D eigenvalue weighted by molar-refractivity contribution is 0.382. The lowest BCUT2D eigenvalue weighted by Gasteiger charge is -2.21. The Labute approximate surface area is 147 Å². The van der Waals surface area contributed by atoms with E-state index in [9.17, 15) is 9.90 Å². The molecule has 0 saturated heterocycles. The average Bonchev–Trinajstić information content (AvgIpc) is 3.39. The SMILES string of the molecule is Nc1ccc(C(c2c(O)c3c(oc2=O)CCCCCC3)C2CC2)cc1. The van der Waals surface area contributed by atoms with Gasteiger partial charge < -0.3 is 15.3 Å². The Balaban J connectivity index is 1.83. The summed E-state index contributed by atoms with van der Waals surface area (Å²) in [6, 6.07) is 7.65. The Hall–Kier alpha value is -2.23. The molecule has 1 fully saturated rings. The zero-order valence-corrected chi connectivity index (χ0v) is 14.5. The van der Waals surface area contributed by atoms with Crippen molar-refractivity contribution in [1.29, 1.82) is 0 Å². The molecule has 1 aromatic heterocycles. The molecule has 132 valence electrons. The van der Waals surface area contributed by atoms with E-state index in [1.165, 1.54) is 0 Å². The average molecular weight is 339 g/mol. The van der Waals surface area contributed by atoms with Crippen LogP contribution in [0.15, 0.2) is 33.5 Å². The fraction of sp³-hybridized carbons (Fsp3) is 0.476. The van der Waals surface area contributed by atoms with E-state index in [1.807, 2.05) is 24.3 Å². The highest BCUT2D eigenvalue weighted by Crippen LogP contribution is 2.48. The van der Waals surface area contributed by atoms with E-state index < -0.39 is 0 Å². The van der Waals surface area contributed by atoms with Crippen LogP contribution in [0.2, 0.25) is 0 Å². The predicted molar refractivity (Wildman–Crippen MR) is 97.9 cm³/mol. The topological polar surface area (TPSA) is 76.5 Å². The van der Waals surface area contributed by atoms with Gasteiger partial charge in [-0.3, -0.25) is 0 Å². The van der Waals surface area contributed by atoms with Gasteiger partial charge in [0.05, 0.1) is 5.56 Å². The van der Waals surface area contributed by atoms with Gasteiger partial charge in [0.15, 0.2) is 0 Å². The molecule has 25 heavy (non-hydrogen) atoms. The van der Waals surface area contributed by atoms with Gasteiger partial charge >= 0.3 is 5.63 Å². The van der Waals surface area contributed by atoms with Gasteiger partial charge in [0.2, 0.25) is 0 Å². The number of anilines is 1. The Morgan fingerprint density at radius 2 is 1.72 bits per heavy atom. The normalized spacial score (nSPS) is 18.9. The maximum atomic E-state index is 12.8. The minimum atomic E-state index is -0.370. The summed E-state index contributed by atoms with van der Waals surface area (Å²) in [5.41, 5.74) is 8.48. The second-order valence-corrected chi connectivity index (χ2v) is 7.45. The molecule has 0 spiro atoms. The molecule has 1 saturated carbocycles. The molecule has 1 unspecified atom stereocenters. The third kappa shape index (κ3) is 3.17. The van der Waals surface area contributed by atoms with Crippen LogP contribution in [-0.2, 0) is 12.8 Å². The summed E-state index contributed by atoms with van der Waals surface area (Å²) >= 11 is 0. The van der Waals surface area contributed by atoms with Crippen molar-refractivity contribution in [2.45, 2.75) is 57.3 Å². The van der Waals surface area contributed by atoms with Crippen LogP contribution in [0.1, 0.15) is 66.9 Å². The van der Waals surface area contributed by atoms with Crippen molar-refractivity contribution in [3.63, 3.8) is 0 Å². The summed E-state index contributed by atoms with van der Waals surface area (Å²) in [6.45, 7) is 0. The fourth-order valence-electron chi connectivity index (χ4n) is 4.10. The molecule has 2 aliphatic rings. The van der Waals surface area contributed by atoms with Crippen LogP contribution in [0.5, 0.6) is 5.75 Å². The Morgan fingerprint density at radius 1 is 1.04 bits per heavy atom. The van der Waals surface area contributed by atoms with Crippen molar-refractivity contribution in [3.05, 3.63) is 57.1 Å². The molecule has 4 nitrogen and oxygen atoms in total. The zero-order valence-electron chi connectivity index (χ0n) is 14.5. The maximum absolute atomic E-state index is 12.8. The Morgan fingerprint density at radius 3 is 2.40 bits per heavy atom. The highest BCUT2D eigenvalue weighted by Gasteiger charge is 2.38. The summed E-state index contributed by atoms with van der Waals surface area (Å²) < 4.78 is 5.71. The van der Waals surface area contributed by atoms with Crippen LogP contribution >= 0.6 is 0 Å². The lowest BCUT2D eigenvalue weighted by atomic mass is 9.85. The van der Waals surface area contributed by atoms with Gasteiger partial charge in [0.1, 0.15) is 11.5 Å². The zero-order chi connectivity index (χ0) is 17.4. The number of hydrogen-bond donors (Lipinski definition) is 2. The molecule has 1 aromatic carbocycles. The molecule has 2 aliphatic carbocycles. The van der Waals surface area contributed by atoms with Gasteiger partial charge in [-0.2, -0.15) is 0 Å². The first kappa shape index (κ1) is 16.2. The van der Waals surface area contributed by atoms with E-state index >= 15 is 0 Å². The van der Waals surface area contributed by atoms with Crippen molar-refractivity contribution < 1.29 is 9.52 Å². The second-order valence-electron chi connectivity index (χ2n) is 7.45. The van der Waals surface area contributed by atoms with Gasteiger partial charge in [0.25, 0.3) is 0 Å². The van der Waals surface area contributed by atoms with Crippen LogP contribution in [0.4, 0.5) is 5.69 Å². The molecule has 4 heteroatoms. The highest BCUT2D eigenvalue weighted by atomic mass is 16.4. The van der Waals surface area contributed by atoms with Gasteiger partial charge in [0, 0.05) is 23.6 Å². The second kappa shape index (κ2) is 6.58. The Kier molecular flexibility index (Phi) is 4.28. The predicted octanol–water partition coefficient (Wildman–Crippen LogP) is 4.13. The fourth-order valence-corrected chi connectivity index (χ4v) is 4.10. The molecule has 2 aromatic rings. The minimum absolute atomic E-state index is 0.104. The quantitative estimate of drug-likeness (QED) is 0.824. The number of rotatable bonds is 3. The summed E-state index contributed by atoms with van der Waals surface area (Å²) in [7, 11) is 0. The number of nitrogens with two attached hydrogens (primary N) is 1. The highest BCUT2D eigenvalue weighted by molar-refractivity contribution is 5.49. The van der Waals surface area contributed by atoms with Crippen LogP contribution in [0, 0.1) is 5.92 Å². The van der Waals surface area contributed by atoms with Crippen molar-refractivity contribution in [1.82, 2.24) is 0 Å². The first-order valence-corrected chi connectivity index (χ1v) is 9.38. The van der Waals surface area contributed by atoms with Crippen LogP contribution in [0.3, 0.4) is 0 Å². The summed E-state index contributed by atoms with van der Waals surface area (Å²) in [5, 5.41) is 11.0. The standard InChI is InChI=1S/C21H25NO3/c22-15-11-9-14(10-12-15)18(13-7-8-13)19-20(23)16-5-3-1-2-4-6-17(16)25-21(19)24/h9-13,18,23H,1-8,22H2. The third-order valence-electron chi connectivity index (χ3n) is 5.59. The molecule has 0 amide bonds. The van der Waals surface area contributed by atoms with E-state index in [1.54, 1.807) is 0 Å². The Bertz CT molecular complexity index is 818. The van der Waals surface area contributed by atoms with Crippen molar-refractivity contribution in [3.8, 4) is 5.75 Å². The molecular weight excluding hydrogens is 314 g/mol. The molecule has 0 radical (unpaired) electrons. The van der Waals surface area contributed by atoms with E-state index in [2.05, 4.69) is 0 Å². The van der Waals surface area contributed by atoms with Crippen molar-refractivity contribution in [2.24, 2.45) is 5.92 Å². The van der Waals surface area contributed by atoms with Gasteiger partial charge in [-0.05, 0) is 55.7 Å². The molecule has 1 heterocycles. The van der Waals surface area contributed by atoms with Crippen LogP contribution < -0.4 is 11.4 Å². The van der Waals surface area contributed by atoms with E-state index in [4.69, 9.17) is 10.2 Å². The largest absolute Gasteiger partial charge is 0.507 e. The lowest BCUT2D eigenvalue weighted by Crippen LogP contribution is -2.19. The number of aryl methyl sites for hydroxylation is 1. The molecular formula is C21H25NO3. The minimum Gasteiger partial charge on any atom is -0.507 e. The number of fused-ring (bicyclic) bond motifs is 1. The van der Waals surface area contributed by atoms with Crippen LogP contribution in [-0.4, -0.2) is 5.11 Å². The van der Waals surface area contributed by atoms with Gasteiger partial charge in [-0.25, -0.2) is 4.79 Å². The van der Waals surface area contributed by atoms with Crippen molar-refractivity contribution in [2.75, 3.05) is 5.73 Å². The smallest absolute Gasteiger partial charge is 0.343 e. The number of aromatic hydroxyl groups is 1. The molecule has 3 N–H and O–H groups in total. The third-order valence-corrected chi connectivity index (χ3v) is 5.59.